The minimum atomic E-state index is -0.517. The van der Waals surface area contributed by atoms with Crippen molar-refractivity contribution in [3.8, 4) is 0 Å². The van der Waals surface area contributed by atoms with E-state index in [1.54, 1.807) is 6.92 Å². The Bertz CT molecular complexity index is 198. The second-order valence-electron chi connectivity index (χ2n) is 2.72. The molecule has 0 aromatic rings. The van der Waals surface area contributed by atoms with Crippen LogP contribution in [-0.2, 0) is 19.1 Å². The van der Waals surface area contributed by atoms with Gasteiger partial charge in [-0.15, -0.1) is 0 Å². The molecule has 0 saturated heterocycles. The number of esters is 1. The lowest BCUT2D eigenvalue weighted by Gasteiger charge is -2.08. The summed E-state index contributed by atoms with van der Waals surface area (Å²) in [6.45, 7) is 3.36. The molecule has 0 radical (unpaired) electrons. The average Bonchev–Trinajstić information content (AvgIpc) is 2.04. The molecule has 0 aliphatic carbocycles. The number of hydrogen-bond donors (Lipinski definition) is 0. The minimum absolute atomic E-state index is 0.00190. The van der Waals surface area contributed by atoms with Gasteiger partial charge >= 0.3 is 5.97 Å². The van der Waals surface area contributed by atoms with Gasteiger partial charge in [-0.3, -0.25) is 9.59 Å². The van der Waals surface area contributed by atoms with Gasteiger partial charge in [-0.1, -0.05) is 0 Å². The normalized spacial score (nSPS) is 11.8. The Morgan fingerprint density at radius 1 is 1.46 bits per heavy atom. The van der Waals surface area contributed by atoms with Crippen molar-refractivity contribution in [3.05, 3.63) is 0 Å². The van der Waals surface area contributed by atoms with E-state index in [1.165, 1.54) is 6.92 Å². The quantitative estimate of drug-likeness (QED) is 0.453. The fraction of sp³-hybridized carbons (Fsp3) is 0.667. The summed E-state index contributed by atoms with van der Waals surface area (Å²) in [7, 11) is 0. The molecule has 0 aliphatic rings. The Balaban J connectivity index is 4.01. The topological polar surface area (TPSA) is 60.4 Å². The minimum Gasteiger partial charge on any atom is -0.466 e. The summed E-state index contributed by atoms with van der Waals surface area (Å²) < 4.78 is 4.66. The van der Waals surface area contributed by atoms with E-state index in [0.717, 1.165) is 0 Å². The molecule has 0 aromatic carbocycles. The molecule has 1 atom stereocenters. The molecule has 0 N–H and O–H groups in total. The number of rotatable bonds is 6. The predicted octanol–water partition coefficient (Wildman–Crippen LogP) is 0.734. The molecule has 0 saturated carbocycles. The maximum Gasteiger partial charge on any atom is 0.306 e. The average molecular weight is 186 g/mol. The zero-order valence-electron chi connectivity index (χ0n) is 7.91. The number of aldehydes is 1. The molecule has 0 heterocycles. The molecule has 0 spiro atoms. The monoisotopic (exact) mass is 186 g/mol. The Labute approximate surface area is 77.3 Å². The van der Waals surface area contributed by atoms with Gasteiger partial charge in [0.15, 0.2) is 0 Å². The van der Waals surface area contributed by atoms with Crippen molar-refractivity contribution in [3.63, 3.8) is 0 Å². The van der Waals surface area contributed by atoms with Crippen molar-refractivity contribution in [1.29, 1.82) is 0 Å². The molecule has 1 unspecified atom stereocenters. The molecule has 4 nitrogen and oxygen atoms in total. The van der Waals surface area contributed by atoms with E-state index in [4.69, 9.17) is 0 Å². The third kappa shape index (κ3) is 5.11. The van der Waals surface area contributed by atoms with Crippen LogP contribution in [0.2, 0.25) is 0 Å². The van der Waals surface area contributed by atoms with Crippen LogP contribution in [0, 0.1) is 5.92 Å². The molecule has 13 heavy (non-hydrogen) atoms. The summed E-state index contributed by atoms with van der Waals surface area (Å²) in [5.74, 6) is -1.10. The number of carbonyl (C=O) groups excluding carboxylic acids is 3. The highest BCUT2D eigenvalue weighted by molar-refractivity contribution is 5.85. The van der Waals surface area contributed by atoms with Crippen LogP contribution in [0.25, 0.3) is 0 Å². The molecule has 0 rings (SSSR count). The van der Waals surface area contributed by atoms with Gasteiger partial charge in [-0.25, -0.2) is 0 Å². The maximum atomic E-state index is 10.9. The van der Waals surface area contributed by atoms with E-state index in [2.05, 4.69) is 4.74 Å². The summed E-state index contributed by atoms with van der Waals surface area (Å²) in [5, 5.41) is 0. The first-order valence-electron chi connectivity index (χ1n) is 4.21. The number of Topliss-reactive ketones (excluding diaryl/α,β-unsaturated/α-hetero) is 1. The second kappa shape index (κ2) is 6.34. The van der Waals surface area contributed by atoms with E-state index in [-0.39, 0.29) is 18.6 Å². The van der Waals surface area contributed by atoms with E-state index in [1.807, 2.05) is 0 Å². The molecule has 0 bridgehead atoms. The highest BCUT2D eigenvalue weighted by Gasteiger charge is 2.18. The molecule has 4 heteroatoms. The first kappa shape index (κ1) is 11.8. The fourth-order valence-electron chi connectivity index (χ4n) is 0.930. The van der Waals surface area contributed by atoms with Crippen molar-refractivity contribution >= 4 is 18.0 Å². The third-order valence-electron chi connectivity index (χ3n) is 1.67. The van der Waals surface area contributed by atoms with E-state index >= 15 is 0 Å². The van der Waals surface area contributed by atoms with Gasteiger partial charge in [-0.05, 0) is 13.8 Å². The van der Waals surface area contributed by atoms with Crippen molar-refractivity contribution in [2.75, 3.05) is 6.61 Å². The van der Waals surface area contributed by atoms with Crippen LogP contribution >= 0.6 is 0 Å². The van der Waals surface area contributed by atoms with Crippen LogP contribution in [0.4, 0.5) is 0 Å². The molecule has 74 valence electrons. The van der Waals surface area contributed by atoms with Gasteiger partial charge < -0.3 is 9.53 Å². The summed E-state index contributed by atoms with van der Waals surface area (Å²) in [4.78, 5) is 32.0. The van der Waals surface area contributed by atoms with Gasteiger partial charge in [0, 0.05) is 12.3 Å². The van der Waals surface area contributed by atoms with Gasteiger partial charge in [0.1, 0.15) is 12.1 Å². The first-order valence-corrected chi connectivity index (χ1v) is 4.21. The number of hydrogen-bond acceptors (Lipinski definition) is 4. The second-order valence-corrected chi connectivity index (χ2v) is 2.72. The predicted molar refractivity (Wildman–Crippen MR) is 46.1 cm³/mol. The van der Waals surface area contributed by atoms with Crippen molar-refractivity contribution in [2.24, 2.45) is 5.92 Å². The zero-order chi connectivity index (χ0) is 10.3. The summed E-state index contributed by atoms with van der Waals surface area (Å²) in [6, 6.07) is 0. The van der Waals surface area contributed by atoms with Crippen molar-refractivity contribution < 1.29 is 19.1 Å². The number of carbonyl (C=O) groups is 3. The number of ketones is 1. The number of ether oxygens (including phenoxy) is 1. The first-order chi connectivity index (χ1) is 6.11. The van der Waals surface area contributed by atoms with E-state index < -0.39 is 11.9 Å². The lowest BCUT2D eigenvalue weighted by Crippen LogP contribution is -2.18. The molecular formula is C9H14O4. The van der Waals surface area contributed by atoms with Crippen LogP contribution in [0.1, 0.15) is 26.7 Å². The molecular weight excluding hydrogens is 172 g/mol. The van der Waals surface area contributed by atoms with Crippen LogP contribution in [0.15, 0.2) is 0 Å². The SMILES string of the molecule is CCOC(=O)CC(CC=O)C(C)=O. The molecule has 0 aromatic heterocycles. The molecule has 0 amide bonds. The van der Waals surface area contributed by atoms with Gasteiger partial charge in [0.05, 0.1) is 13.0 Å². The highest BCUT2D eigenvalue weighted by atomic mass is 16.5. The van der Waals surface area contributed by atoms with Crippen molar-refractivity contribution in [1.82, 2.24) is 0 Å². The third-order valence-corrected chi connectivity index (χ3v) is 1.67. The molecule has 0 aliphatic heterocycles. The van der Waals surface area contributed by atoms with E-state index in [0.29, 0.717) is 12.9 Å². The standard InChI is InChI=1S/C9H14O4/c1-3-13-9(12)6-8(4-5-10)7(2)11/h5,8H,3-4,6H2,1-2H3. The van der Waals surface area contributed by atoms with Crippen LogP contribution < -0.4 is 0 Å². The van der Waals surface area contributed by atoms with Gasteiger partial charge in [0.25, 0.3) is 0 Å². The Kier molecular flexibility index (Phi) is 5.76. The molecule has 0 fully saturated rings. The maximum absolute atomic E-state index is 10.9. The van der Waals surface area contributed by atoms with Gasteiger partial charge in [0.2, 0.25) is 0 Å². The van der Waals surface area contributed by atoms with Crippen LogP contribution in [-0.4, -0.2) is 24.6 Å². The van der Waals surface area contributed by atoms with Crippen molar-refractivity contribution in [2.45, 2.75) is 26.7 Å². The summed E-state index contributed by atoms with van der Waals surface area (Å²) >= 11 is 0. The zero-order valence-corrected chi connectivity index (χ0v) is 7.91. The Morgan fingerprint density at radius 2 is 2.08 bits per heavy atom. The Morgan fingerprint density at radius 3 is 2.46 bits per heavy atom. The van der Waals surface area contributed by atoms with Gasteiger partial charge in [-0.2, -0.15) is 0 Å². The lowest BCUT2D eigenvalue weighted by atomic mass is 9.98. The van der Waals surface area contributed by atoms with Crippen LogP contribution in [0.3, 0.4) is 0 Å². The lowest BCUT2D eigenvalue weighted by molar-refractivity contribution is -0.146. The highest BCUT2D eigenvalue weighted by Crippen LogP contribution is 2.09. The Hall–Kier alpha value is -1.19. The van der Waals surface area contributed by atoms with E-state index in [9.17, 15) is 14.4 Å². The fourth-order valence-corrected chi connectivity index (χ4v) is 0.930. The summed E-state index contributed by atoms with van der Waals surface area (Å²) in [6.07, 6.45) is 0.737. The summed E-state index contributed by atoms with van der Waals surface area (Å²) in [5.41, 5.74) is 0. The largest absolute Gasteiger partial charge is 0.466 e. The van der Waals surface area contributed by atoms with Crippen LogP contribution in [0.5, 0.6) is 0 Å². The smallest absolute Gasteiger partial charge is 0.306 e.